The predicted molar refractivity (Wildman–Crippen MR) is 51.5 cm³/mol. The molecule has 0 radical (unpaired) electrons. The Balaban J connectivity index is 3.22. The van der Waals surface area contributed by atoms with Gasteiger partial charge in [-0.25, -0.2) is 10.0 Å². The molecule has 0 bridgehead atoms. The first-order chi connectivity index (χ1) is 4.92. The Morgan fingerprint density at radius 1 is 1.36 bits per heavy atom. The molecule has 0 saturated carbocycles. The number of carbonyl (C=O) groups excluding carboxylic acids is 1. The summed E-state index contributed by atoms with van der Waals surface area (Å²) in [5, 5.41) is 0. The second-order valence-electron chi connectivity index (χ2n) is 3.49. The summed E-state index contributed by atoms with van der Waals surface area (Å²) in [7, 11) is -0.413. The van der Waals surface area contributed by atoms with Gasteiger partial charge in [-0.2, -0.15) is 0 Å². The molecule has 0 aliphatic rings. The Labute approximate surface area is 70.6 Å². The summed E-state index contributed by atoms with van der Waals surface area (Å²) in [5.74, 6) is 1.01. The Morgan fingerprint density at radius 2 is 1.91 bits per heavy atom. The van der Waals surface area contributed by atoms with E-state index in [1.165, 1.54) is 12.7 Å². The highest BCUT2D eigenvalue weighted by Gasteiger charge is 2.03. The van der Waals surface area contributed by atoms with E-state index < -0.39 is 10.0 Å². The molecule has 0 unspecified atom stereocenters. The molecule has 0 aromatic carbocycles. The van der Waals surface area contributed by atoms with E-state index in [1.807, 2.05) is 0 Å². The Kier molecular flexibility index (Phi) is 4.57. The van der Waals surface area contributed by atoms with Gasteiger partial charge in [-0.3, -0.25) is 4.79 Å². The second kappa shape index (κ2) is 4.65. The molecule has 0 amide bonds. The minimum Gasteiger partial charge on any atom is -0.466 e. The van der Waals surface area contributed by atoms with E-state index in [2.05, 4.69) is 18.8 Å². The van der Waals surface area contributed by atoms with Crippen molar-refractivity contribution in [3.63, 3.8) is 0 Å². The van der Waals surface area contributed by atoms with Crippen LogP contribution in [0.2, 0.25) is 0 Å². The predicted octanol–water partition coefficient (Wildman–Crippen LogP) is 1.63. The Bertz CT molecular complexity index is 127. The molecular weight excluding hydrogens is 160 g/mol. The standard InChI is InChI=1S/C8H18O2S/c1-8(9)10-6-5-7-11(2,3)4/h5-7H2,1-4H3. The first-order valence-electron chi connectivity index (χ1n) is 3.71. The fourth-order valence-electron chi connectivity index (χ4n) is 0.708. The lowest BCUT2D eigenvalue weighted by atomic mass is 10.5. The highest BCUT2D eigenvalue weighted by atomic mass is 32.3. The monoisotopic (exact) mass is 178 g/mol. The van der Waals surface area contributed by atoms with E-state index >= 15 is 0 Å². The molecule has 0 saturated heterocycles. The SMILES string of the molecule is CC(=O)OCCCS(C)(C)C. The number of hydrogen-bond acceptors (Lipinski definition) is 2. The Hall–Kier alpha value is -0.180. The lowest BCUT2D eigenvalue weighted by Crippen LogP contribution is -2.05. The fraction of sp³-hybridized carbons (Fsp3) is 0.875. The molecule has 0 aromatic rings. The molecule has 0 N–H and O–H groups in total. The zero-order valence-corrected chi connectivity index (χ0v) is 8.66. The molecule has 0 heterocycles. The lowest BCUT2D eigenvalue weighted by molar-refractivity contribution is -0.140. The maximum absolute atomic E-state index is 10.4. The number of esters is 1. The van der Waals surface area contributed by atoms with Gasteiger partial charge in [-0.05, 0) is 30.9 Å². The largest absolute Gasteiger partial charge is 0.466 e. The summed E-state index contributed by atoms with van der Waals surface area (Å²) in [6.07, 6.45) is 7.79. The minimum atomic E-state index is -0.413. The van der Waals surface area contributed by atoms with Crippen LogP contribution >= 0.6 is 10.0 Å². The second-order valence-corrected chi connectivity index (χ2v) is 8.08. The van der Waals surface area contributed by atoms with Crippen molar-refractivity contribution in [3.05, 3.63) is 0 Å². The highest BCUT2D eigenvalue weighted by molar-refractivity contribution is 8.32. The van der Waals surface area contributed by atoms with E-state index in [-0.39, 0.29) is 5.97 Å². The first-order valence-corrected chi connectivity index (χ1v) is 6.74. The van der Waals surface area contributed by atoms with Crippen LogP contribution in [-0.2, 0) is 9.53 Å². The molecule has 2 nitrogen and oxygen atoms in total. The van der Waals surface area contributed by atoms with E-state index in [0.717, 1.165) is 6.42 Å². The van der Waals surface area contributed by atoms with Crippen LogP contribution in [-0.4, -0.2) is 37.1 Å². The zero-order chi connectivity index (χ0) is 8.91. The molecule has 0 aliphatic heterocycles. The van der Waals surface area contributed by atoms with Gasteiger partial charge in [0.05, 0.1) is 6.61 Å². The highest BCUT2D eigenvalue weighted by Crippen LogP contribution is 2.34. The van der Waals surface area contributed by atoms with Gasteiger partial charge >= 0.3 is 5.97 Å². The van der Waals surface area contributed by atoms with Crippen molar-refractivity contribution >= 4 is 16.0 Å². The van der Waals surface area contributed by atoms with Crippen LogP contribution in [0.1, 0.15) is 13.3 Å². The normalized spacial score (nSPS) is 12.7. The topological polar surface area (TPSA) is 26.3 Å². The van der Waals surface area contributed by atoms with Crippen LogP contribution < -0.4 is 0 Å². The van der Waals surface area contributed by atoms with Gasteiger partial charge in [0.25, 0.3) is 0 Å². The number of carbonyl (C=O) groups is 1. The van der Waals surface area contributed by atoms with Gasteiger partial charge in [-0.1, -0.05) is 0 Å². The van der Waals surface area contributed by atoms with Gasteiger partial charge in [0.1, 0.15) is 0 Å². The van der Waals surface area contributed by atoms with Gasteiger partial charge in [0, 0.05) is 6.92 Å². The third-order valence-corrected chi connectivity index (χ3v) is 2.72. The summed E-state index contributed by atoms with van der Waals surface area (Å²) in [6.45, 7) is 2.03. The number of rotatable bonds is 4. The number of ether oxygens (including phenoxy) is 1. The zero-order valence-electron chi connectivity index (χ0n) is 7.85. The maximum atomic E-state index is 10.4. The van der Waals surface area contributed by atoms with Crippen LogP contribution in [0.15, 0.2) is 0 Å². The van der Waals surface area contributed by atoms with Gasteiger partial charge in [-0.15, -0.1) is 0 Å². The molecule has 3 heteroatoms. The van der Waals surface area contributed by atoms with Crippen molar-refractivity contribution in [2.75, 3.05) is 31.1 Å². The summed E-state index contributed by atoms with van der Waals surface area (Å²) in [4.78, 5) is 10.4. The summed E-state index contributed by atoms with van der Waals surface area (Å²) < 4.78 is 4.81. The quantitative estimate of drug-likeness (QED) is 0.483. The van der Waals surface area contributed by atoms with Crippen LogP contribution in [0.25, 0.3) is 0 Å². The van der Waals surface area contributed by atoms with E-state index in [1.54, 1.807) is 0 Å². The molecule has 0 aliphatic carbocycles. The summed E-state index contributed by atoms with van der Waals surface area (Å²) in [5.41, 5.74) is 0. The minimum absolute atomic E-state index is 0.172. The fourth-order valence-corrected chi connectivity index (χ4v) is 1.69. The smallest absolute Gasteiger partial charge is 0.302 e. The third kappa shape index (κ3) is 9.82. The van der Waals surface area contributed by atoms with Crippen LogP contribution in [0.5, 0.6) is 0 Å². The lowest BCUT2D eigenvalue weighted by Gasteiger charge is -2.24. The van der Waals surface area contributed by atoms with Crippen molar-refractivity contribution in [3.8, 4) is 0 Å². The molecule has 11 heavy (non-hydrogen) atoms. The van der Waals surface area contributed by atoms with Crippen LogP contribution in [0, 0.1) is 0 Å². The van der Waals surface area contributed by atoms with E-state index in [4.69, 9.17) is 4.74 Å². The number of hydrogen-bond donors (Lipinski definition) is 0. The van der Waals surface area contributed by atoms with Crippen molar-refractivity contribution in [2.24, 2.45) is 0 Å². The summed E-state index contributed by atoms with van der Waals surface area (Å²) >= 11 is 0. The molecule has 0 aromatic heterocycles. The van der Waals surface area contributed by atoms with Gasteiger partial charge in [0.2, 0.25) is 0 Å². The molecule has 0 fully saturated rings. The van der Waals surface area contributed by atoms with Crippen molar-refractivity contribution in [1.82, 2.24) is 0 Å². The molecule has 68 valence electrons. The third-order valence-electron chi connectivity index (χ3n) is 1.21. The summed E-state index contributed by atoms with van der Waals surface area (Å²) in [6, 6.07) is 0. The van der Waals surface area contributed by atoms with Crippen molar-refractivity contribution < 1.29 is 9.53 Å². The van der Waals surface area contributed by atoms with Crippen LogP contribution in [0.3, 0.4) is 0 Å². The molecule has 0 rings (SSSR count). The molecular formula is C8H18O2S. The molecule has 0 atom stereocenters. The van der Waals surface area contributed by atoms with Gasteiger partial charge < -0.3 is 4.74 Å². The molecule has 0 spiro atoms. The average molecular weight is 178 g/mol. The van der Waals surface area contributed by atoms with E-state index in [0.29, 0.717) is 6.61 Å². The van der Waals surface area contributed by atoms with Crippen LogP contribution in [0.4, 0.5) is 0 Å². The maximum Gasteiger partial charge on any atom is 0.302 e. The average Bonchev–Trinajstić information content (AvgIpc) is 1.78. The Morgan fingerprint density at radius 3 is 2.27 bits per heavy atom. The van der Waals surface area contributed by atoms with Crippen molar-refractivity contribution in [1.29, 1.82) is 0 Å². The van der Waals surface area contributed by atoms with Crippen molar-refractivity contribution in [2.45, 2.75) is 13.3 Å². The van der Waals surface area contributed by atoms with Gasteiger partial charge in [0.15, 0.2) is 0 Å². The first kappa shape index (κ1) is 10.8. The van der Waals surface area contributed by atoms with E-state index in [9.17, 15) is 4.79 Å².